The zero-order valence-electron chi connectivity index (χ0n) is 20.2. The summed E-state index contributed by atoms with van der Waals surface area (Å²) in [6.45, 7) is 14.9. The van der Waals surface area contributed by atoms with Crippen LogP contribution in [0.5, 0.6) is 0 Å². The summed E-state index contributed by atoms with van der Waals surface area (Å²) in [5.74, 6) is 1.01. The molecule has 2 aliphatic heterocycles. The standard InChI is InChI=1S/C23H39BN2O5/c1-8-15(25-20(28)29-21(2,3)4)19(27)26-11-9-10-18(26)24-30-17-13-14-12-16(22(14,5)6)23(17,7)31-24/h14-18H,8-13H2,1-7H3,(H,25,28). The molecule has 0 spiro atoms. The maximum atomic E-state index is 13.4. The number of carbonyl (C=O) groups is 2. The summed E-state index contributed by atoms with van der Waals surface area (Å²) in [5.41, 5.74) is -0.591. The lowest BCUT2D eigenvalue weighted by molar-refractivity contribution is -0.199. The Bertz CT molecular complexity index is 738. The van der Waals surface area contributed by atoms with Gasteiger partial charge in [-0.05, 0) is 77.0 Å². The Balaban J connectivity index is 1.43. The van der Waals surface area contributed by atoms with Gasteiger partial charge < -0.3 is 24.3 Å². The Kier molecular flexibility index (Phi) is 5.65. The molecule has 2 heterocycles. The zero-order valence-corrected chi connectivity index (χ0v) is 20.2. The third-order valence-corrected chi connectivity index (χ3v) is 8.26. The number of nitrogens with zero attached hydrogens (tertiary/aromatic N) is 1. The fraction of sp³-hybridized carbons (Fsp3) is 0.913. The van der Waals surface area contributed by atoms with Crippen LogP contribution in [0.2, 0.25) is 0 Å². The summed E-state index contributed by atoms with van der Waals surface area (Å²) in [6.07, 6.45) is 4.08. The molecule has 0 aromatic carbocycles. The van der Waals surface area contributed by atoms with Crippen molar-refractivity contribution in [1.82, 2.24) is 10.2 Å². The highest BCUT2D eigenvalue weighted by molar-refractivity contribution is 6.48. The summed E-state index contributed by atoms with van der Waals surface area (Å²) >= 11 is 0. The predicted octanol–water partition coefficient (Wildman–Crippen LogP) is 3.55. The van der Waals surface area contributed by atoms with Crippen LogP contribution in [0.25, 0.3) is 0 Å². The van der Waals surface area contributed by atoms with E-state index in [1.165, 1.54) is 6.42 Å². The minimum atomic E-state index is -0.610. The van der Waals surface area contributed by atoms with E-state index in [9.17, 15) is 9.59 Å². The molecule has 3 aliphatic carbocycles. The minimum absolute atomic E-state index is 0.0762. The third kappa shape index (κ3) is 3.88. The molecule has 5 aliphatic rings. The molecule has 3 saturated carbocycles. The summed E-state index contributed by atoms with van der Waals surface area (Å²) < 4.78 is 18.4. The lowest BCUT2D eigenvalue weighted by Crippen LogP contribution is -2.65. The van der Waals surface area contributed by atoms with Crippen molar-refractivity contribution in [3.8, 4) is 0 Å². The van der Waals surface area contributed by atoms with Crippen LogP contribution >= 0.6 is 0 Å². The lowest BCUT2D eigenvalue weighted by atomic mass is 9.43. The highest BCUT2D eigenvalue weighted by Gasteiger charge is 2.69. The van der Waals surface area contributed by atoms with Gasteiger partial charge in [0.15, 0.2) is 0 Å². The highest BCUT2D eigenvalue weighted by atomic mass is 16.7. The number of nitrogens with one attached hydrogen (secondary N) is 1. The fourth-order valence-electron chi connectivity index (χ4n) is 6.40. The van der Waals surface area contributed by atoms with Crippen molar-refractivity contribution < 1.29 is 23.6 Å². The number of likely N-dealkylation sites (tertiary alicyclic amines) is 1. The lowest BCUT2D eigenvalue weighted by Gasteiger charge is -2.64. The molecule has 6 atom stereocenters. The van der Waals surface area contributed by atoms with Crippen molar-refractivity contribution in [3.63, 3.8) is 0 Å². The quantitative estimate of drug-likeness (QED) is 0.685. The van der Waals surface area contributed by atoms with Crippen LogP contribution in [0.4, 0.5) is 4.79 Å². The van der Waals surface area contributed by atoms with E-state index in [4.69, 9.17) is 14.0 Å². The van der Waals surface area contributed by atoms with Crippen molar-refractivity contribution in [3.05, 3.63) is 0 Å². The number of carbonyl (C=O) groups excluding carboxylic acids is 2. The first-order chi connectivity index (χ1) is 14.4. The topological polar surface area (TPSA) is 77.1 Å². The molecule has 0 radical (unpaired) electrons. The molecular formula is C23H39BN2O5. The summed E-state index contributed by atoms with van der Waals surface area (Å²) in [4.78, 5) is 27.5. The Morgan fingerprint density at radius 2 is 1.97 bits per heavy atom. The molecule has 5 rings (SSSR count). The van der Waals surface area contributed by atoms with Crippen LogP contribution in [-0.4, -0.2) is 59.9 Å². The Morgan fingerprint density at radius 3 is 2.58 bits per heavy atom. The normalized spacial score (nSPS) is 37.1. The van der Waals surface area contributed by atoms with Crippen molar-refractivity contribution >= 4 is 19.1 Å². The van der Waals surface area contributed by atoms with E-state index in [0.717, 1.165) is 19.3 Å². The van der Waals surface area contributed by atoms with Gasteiger partial charge in [-0.3, -0.25) is 4.79 Å². The van der Waals surface area contributed by atoms with E-state index in [2.05, 4.69) is 26.1 Å². The van der Waals surface area contributed by atoms with Crippen LogP contribution in [0.3, 0.4) is 0 Å². The van der Waals surface area contributed by atoms with Gasteiger partial charge in [-0.15, -0.1) is 0 Å². The van der Waals surface area contributed by atoms with Crippen LogP contribution in [0.15, 0.2) is 0 Å². The van der Waals surface area contributed by atoms with E-state index in [0.29, 0.717) is 30.2 Å². The van der Waals surface area contributed by atoms with E-state index in [-0.39, 0.29) is 23.6 Å². The predicted molar refractivity (Wildman–Crippen MR) is 118 cm³/mol. The van der Waals surface area contributed by atoms with Crippen LogP contribution in [0.1, 0.15) is 80.6 Å². The second kappa shape index (κ2) is 7.65. The Labute approximate surface area is 187 Å². The molecular weight excluding hydrogens is 395 g/mol. The Morgan fingerprint density at radius 1 is 1.26 bits per heavy atom. The average molecular weight is 434 g/mol. The molecule has 0 aromatic heterocycles. The monoisotopic (exact) mass is 434 g/mol. The van der Waals surface area contributed by atoms with Gasteiger partial charge >= 0.3 is 13.2 Å². The van der Waals surface area contributed by atoms with Gasteiger partial charge in [0.2, 0.25) is 5.91 Å². The first-order valence-corrected chi connectivity index (χ1v) is 12.0. The molecule has 7 nitrogen and oxygen atoms in total. The number of ether oxygens (including phenoxy) is 1. The van der Waals surface area contributed by atoms with Crippen LogP contribution < -0.4 is 5.32 Å². The molecule has 174 valence electrons. The maximum Gasteiger partial charge on any atom is 0.481 e. The van der Waals surface area contributed by atoms with Crippen LogP contribution in [-0.2, 0) is 18.8 Å². The van der Waals surface area contributed by atoms with Gasteiger partial charge in [-0.25, -0.2) is 4.79 Å². The van der Waals surface area contributed by atoms with E-state index < -0.39 is 24.9 Å². The SMILES string of the molecule is CCC(NC(=O)OC(C)(C)C)C(=O)N1CCCC1B1OC2CC3CC(C3(C)C)C2(C)O1. The minimum Gasteiger partial charge on any atom is -0.444 e. The number of amides is 2. The number of hydrogen-bond acceptors (Lipinski definition) is 5. The second-order valence-corrected chi connectivity index (χ2v) is 11.7. The second-order valence-electron chi connectivity index (χ2n) is 11.7. The number of hydrogen-bond donors (Lipinski definition) is 1. The largest absolute Gasteiger partial charge is 0.481 e. The molecule has 2 bridgehead atoms. The van der Waals surface area contributed by atoms with E-state index in [1.54, 1.807) is 0 Å². The highest BCUT2D eigenvalue weighted by Crippen LogP contribution is 2.65. The maximum absolute atomic E-state index is 13.4. The van der Waals surface area contributed by atoms with Crippen molar-refractivity contribution in [2.24, 2.45) is 17.3 Å². The third-order valence-electron chi connectivity index (χ3n) is 8.26. The summed E-state index contributed by atoms with van der Waals surface area (Å²) in [5, 5.41) is 2.76. The summed E-state index contributed by atoms with van der Waals surface area (Å²) in [6, 6.07) is -0.610. The molecule has 0 aromatic rings. The van der Waals surface area contributed by atoms with E-state index >= 15 is 0 Å². The molecule has 31 heavy (non-hydrogen) atoms. The van der Waals surface area contributed by atoms with Crippen LogP contribution in [0, 0.1) is 17.3 Å². The van der Waals surface area contributed by atoms with Crippen molar-refractivity contribution in [2.45, 2.75) is 110 Å². The molecule has 8 heteroatoms. The van der Waals surface area contributed by atoms with Gasteiger partial charge in [0.05, 0.1) is 17.6 Å². The first-order valence-electron chi connectivity index (χ1n) is 12.0. The number of rotatable bonds is 4. The average Bonchev–Trinajstić information content (AvgIpc) is 3.27. The van der Waals surface area contributed by atoms with Gasteiger partial charge in [0.25, 0.3) is 0 Å². The molecule has 1 N–H and O–H groups in total. The van der Waals surface area contributed by atoms with Gasteiger partial charge in [0.1, 0.15) is 11.6 Å². The van der Waals surface area contributed by atoms with Gasteiger partial charge in [-0.2, -0.15) is 0 Å². The Hall–Kier alpha value is -1.28. The molecule has 6 unspecified atom stereocenters. The molecule has 2 amide bonds. The zero-order chi connectivity index (χ0) is 22.8. The van der Waals surface area contributed by atoms with E-state index in [1.807, 2.05) is 32.6 Å². The smallest absolute Gasteiger partial charge is 0.444 e. The summed E-state index contributed by atoms with van der Waals surface area (Å²) in [7, 11) is -0.393. The van der Waals surface area contributed by atoms with Crippen molar-refractivity contribution in [1.29, 1.82) is 0 Å². The first kappa shape index (κ1) is 22.9. The van der Waals surface area contributed by atoms with Gasteiger partial charge in [0, 0.05) is 6.54 Å². The number of alkyl carbamates (subject to hydrolysis) is 1. The van der Waals surface area contributed by atoms with Gasteiger partial charge in [-0.1, -0.05) is 20.8 Å². The van der Waals surface area contributed by atoms with Crippen molar-refractivity contribution in [2.75, 3.05) is 6.54 Å². The molecule has 5 fully saturated rings. The fourth-order valence-corrected chi connectivity index (χ4v) is 6.40. The molecule has 2 saturated heterocycles.